The molecule has 1 saturated heterocycles. The average Bonchev–Trinajstić information content (AvgIpc) is 2.73. The van der Waals surface area contributed by atoms with Gasteiger partial charge in [-0.25, -0.2) is 4.98 Å². The first kappa shape index (κ1) is 8.24. The maximum atomic E-state index is 4.40. The molecule has 3 heteroatoms. The Labute approximate surface area is 83.8 Å². The molecular weight excluding hydrogens is 174 g/mol. The third kappa shape index (κ3) is 1.20. The summed E-state index contributed by atoms with van der Waals surface area (Å²) in [5.41, 5.74) is 1.42. The van der Waals surface area contributed by atoms with Crippen molar-refractivity contribution < 1.29 is 0 Å². The molecule has 1 N–H and O–H groups in total. The van der Waals surface area contributed by atoms with E-state index in [1.54, 1.807) is 0 Å². The lowest BCUT2D eigenvalue weighted by atomic mass is 10.0. The van der Waals surface area contributed by atoms with Gasteiger partial charge >= 0.3 is 0 Å². The number of hydrogen-bond donors (Lipinski definition) is 1. The number of nitrogens with zero attached hydrogens (tertiary/aromatic N) is 2. The van der Waals surface area contributed by atoms with Crippen LogP contribution in [0, 0.1) is 0 Å². The van der Waals surface area contributed by atoms with Crippen LogP contribution < -0.4 is 5.32 Å². The molecule has 0 aliphatic carbocycles. The fourth-order valence-corrected chi connectivity index (χ4v) is 2.56. The van der Waals surface area contributed by atoms with Crippen molar-refractivity contribution in [1.82, 2.24) is 14.9 Å². The topological polar surface area (TPSA) is 29.9 Å². The minimum atomic E-state index is 0.598. The van der Waals surface area contributed by atoms with Crippen LogP contribution in [0.2, 0.25) is 0 Å². The normalized spacial score (nSPS) is 30.5. The monoisotopic (exact) mass is 189 g/mol. The lowest BCUT2D eigenvalue weighted by Gasteiger charge is -2.20. The summed E-state index contributed by atoms with van der Waals surface area (Å²) in [7, 11) is 2.06. The maximum Gasteiger partial charge on any atom is 0.135 e. The van der Waals surface area contributed by atoms with Gasteiger partial charge < -0.3 is 9.88 Å². The van der Waals surface area contributed by atoms with Gasteiger partial charge in [0.2, 0.25) is 0 Å². The van der Waals surface area contributed by atoms with Gasteiger partial charge in [0.05, 0.1) is 0 Å². The summed E-state index contributed by atoms with van der Waals surface area (Å²) in [6.45, 7) is 0. The Morgan fingerprint density at radius 2 is 2.43 bits per heavy atom. The maximum absolute atomic E-state index is 4.40. The molecule has 0 amide bonds. The van der Waals surface area contributed by atoms with Crippen molar-refractivity contribution in [2.24, 2.45) is 7.05 Å². The Bertz CT molecular complexity index is 378. The molecule has 0 saturated carbocycles. The minimum Gasteiger partial charge on any atom is -0.334 e. The summed E-state index contributed by atoms with van der Waals surface area (Å²) in [5.74, 6) is 1.14. The molecule has 74 valence electrons. The third-order valence-electron chi connectivity index (χ3n) is 3.25. The van der Waals surface area contributed by atoms with Crippen molar-refractivity contribution in [3.05, 3.63) is 24.3 Å². The van der Waals surface area contributed by atoms with E-state index in [-0.39, 0.29) is 0 Å². The van der Waals surface area contributed by atoms with Gasteiger partial charge in [-0.1, -0.05) is 6.08 Å². The van der Waals surface area contributed by atoms with Crippen molar-refractivity contribution in [1.29, 1.82) is 0 Å². The lowest BCUT2D eigenvalue weighted by molar-refractivity contribution is 0.572. The molecule has 0 aromatic carbocycles. The van der Waals surface area contributed by atoms with Gasteiger partial charge in [-0.15, -0.1) is 0 Å². The summed E-state index contributed by atoms with van der Waals surface area (Å²) in [6.07, 6.45) is 9.99. The molecule has 1 aromatic rings. The van der Waals surface area contributed by atoms with E-state index in [9.17, 15) is 0 Å². The molecule has 1 fully saturated rings. The van der Waals surface area contributed by atoms with Crippen LogP contribution in [-0.4, -0.2) is 21.6 Å². The van der Waals surface area contributed by atoms with E-state index in [2.05, 4.69) is 28.0 Å². The van der Waals surface area contributed by atoms with E-state index >= 15 is 0 Å². The standard InChI is InChI=1S/C11H15N3/c1-14-5-4-12-11(14)8-6-9-2-3-10(7-8)13-9/h4-6,9-10,13H,2-3,7H2,1H3. The highest BCUT2D eigenvalue weighted by atomic mass is 15.0. The lowest BCUT2D eigenvalue weighted by Crippen LogP contribution is -2.32. The molecule has 3 nitrogen and oxygen atoms in total. The molecule has 2 aliphatic heterocycles. The fraction of sp³-hybridized carbons (Fsp3) is 0.545. The van der Waals surface area contributed by atoms with Gasteiger partial charge in [-0.05, 0) is 24.8 Å². The first-order valence-electron chi connectivity index (χ1n) is 5.27. The molecule has 2 atom stereocenters. The van der Waals surface area contributed by atoms with E-state index < -0.39 is 0 Å². The minimum absolute atomic E-state index is 0.598. The summed E-state index contributed by atoms with van der Waals surface area (Å²) >= 11 is 0. The Hall–Kier alpha value is -1.09. The first-order chi connectivity index (χ1) is 6.83. The molecule has 3 rings (SSSR count). The zero-order valence-electron chi connectivity index (χ0n) is 8.40. The Morgan fingerprint density at radius 1 is 1.50 bits per heavy atom. The summed E-state index contributed by atoms with van der Waals surface area (Å²) in [6, 6.07) is 1.29. The molecule has 14 heavy (non-hydrogen) atoms. The highest BCUT2D eigenvalue weighted by molar-refractivity contribution is 5.63. The van der Waals surface area contributed by atoms with Crippen LogP contribution in [0.1, 0.15) is 25.1 Å². The average molecular weight is 189 g/mol. The summed E-state index contributed by atoms with van der Waals surface area (Å²) in [5, 5.41) is 3.59. The fourth-order valence-electron chi connectivity index (χ4n) is 2.56. The quantitative estimate of drug-likeness (QED) is 0.722. The number of fused-ring (bicyclic) bond motifs is 2. The van der Waals surface area contributed by atoms with Crippen LogP contribution in [0.3, 0.4) is 0 Å². The predicted octanol–water partition coefficient (Wildman–Crippen LogP) is 1.33. The summed E-state index contributed by atoms with van der Waals surface area (Å²) < 4.78 is 2.11. The Morgan fingerprint density at radius 3 is 3.14 bits per heavy atom. The molecule has 3 heterocycles. The second-order valence-corrected chi connectivity index (χ2v) is 4.31. The van der Waals surface area contributed by atoms with Crippen LogP contribution in [0.25, 0.3) is 5.57 Å². The van der Waals surface area contributed by atoms with E-state index in [1.165, 1.54) is 18.4 Å². The van der Waals surface area contributed by atoms with Crippen molar-refractivity contribution in [3.63, 3.8) is 0 Å². The Balaban J connectivity index is 1.96. The van der Waals surface area contributed by atoms with Crippen LogP contribution in [0.5, 0.6) is 0 Å². The van der Waals surface area contributed by atoms with E-state index in [1.807, 2.05) is 12.4 Å². The molecule has 1 aromatic heterocycles. The second kappa shape index (κ2) is 2.95. The molecule has 2 unspecified atom stereocenters. The van der Waals surface area contributed by atoms with Crippen LogP contribution in [-0.2, 0) is 7.05 Å². The number of aryl methyl sites for hydroxylation is 1. The predicted molar refractivity (Wildman–Crippen MR) is 55.7 cm³/mol. The largest absolute Gasteiger partial charge is 0.334 e. The van der Waals surface area contributed by atoms with E-state index in [0.717, 1.165) is 12.2 Å². The molecule has 0 spiro atoms. The van der Waals surface area contributed by atoms with Gasteiger partial charge in [0.25, 0.3) is 0 Å². The SMILES string of the molecule is Cn1ccnc1C1=CC2CCC(C1)N2. The molecular formula is C11H15N3. The number of imidazole rings is 1. The Kier molecular flexibility index (Phi) is 1.74. The van der Waals surface area contributed by atoms with Gasteiger partial charge in [-0.2, -0.15) is 0 Å². The molecule has 2 bridgehead atoms. The second-order valence-electron chi connectivity index (χ2n) is 4.31. The highest BCUT2D eigenvalue weighted by Crippen LogP contribution is 2.30. The first-order valence-corrected chi connectivity index (χ1v) is 5.27. The number of rotatable bonds is 1. The highest BCUT2D eigenvalue weighted by Gasteiger charge is 2.29. The number of hydrogen-bond acceptors (Lipinski definition) is 2. The number of aromatic nitrogens is 2. The van der Waals surface area contributed by atoms with Crippen molar-refractivity contribution in [2.75, 3.05) is 0 Å². The van der Waals surface area contributed by atoms with E-state index in [0.29, 0.717) is 12.1 Å². The zero-order chi connectivity index (χ0) is 9.54. The van der Waals surface area contributed by atoms with Gasteiger partial charge in [0.15, 0.2) is 0 Å². The van der Waals surface area contributed by atoms with Gasteiger partial charge in [0.1, 0.15) is 5.82 Å². The van der Waals surface area contributed by atoms with Gasteiger partial charge in [-0.3, -0.25) is 0 Å². The van der Waals surface area contributed by atoms with Gasteiger partial charge in [0, 0.05) is 31.5 Å². The van der Waals surface area contributed by atoms with Crippen LogP contribution in [0.4, 0.5) is 0 Å². The zero-order valence-corrected chi connectivity index (χ0v) is 8.40. The van der Waals surface area contributed by atoms with Crippen LogP contribution >= 0.6 is 0 Å². The van der Waals surface area contributed by atoms with Crippen LogP contribution in [0.15, 0.2) is 18.5 Å². The van der Waals surface area contributed by atoms with E-state index in [4.69, 9.17) is 0 Å². The summed E-state index contributed by atoms with van der Waals surface area (Å²) in [4.78, 5) is 4.40. The van der Waals surface area contributed by atoms with Crippen molar-refractivity contribution in [2.45, 2.75) is 31.3 Å². The van der Waals surface area contributed by atoms with Crippen molar-refractivity contribution >= 4 is 5.57 Å². The molecule has 0 radical (unpaired) electrons. The smallest absolute Gasteiger partial charge is 0.135 e. The molecule has 2 aliphatic rings. The van der Waals surface area contributed by atoms with Crippen molar-refractivity contribution in [3.8, 4) is 0 Å². The number of nitrogens with one attached hydrogen (secondary N) is 1. The third-order valence-corrected chi connectivity index (χ3v) is 3.25.